The Morgan fingerprint density at radius 3 is 2.52 bits per heavy atom. The molecule has 0 saturated heterocycles. The predicted octanol–water partition coefficient (Wildman–Crippen LogP) is 4.57. The summed E-state index contributed by atoms with van der Waals surface area (Å²) in [6.07, 6.45) is 4.17. The molecule has 0 spiro atoms. The lowest BCUT2D eigenvalue weighted by molar-refractivity contribution is 0.427. The van der Waals surface area contributed by atoms with Crippen LogP contribution < -0.4 is 0 Å². The van der Waals surface area contributed by atoms with Crippen molar-refractivity contribution in [3.8, 4) is 0 Å². The second-order valence-electron chi connectivity index (χ2n) is 5.31. The van der Waals surface area contributed by atoms with Crippen molar-refractivity contribution in [2.45, 2.75) is 30.0 Å². The Labute approximate surface area is 155 Å². The summed E-state index contributed by atoms with van der Waals surface area (Å²) in [6, 6.07) is 12.1. The van der Waals surface area contributed by atoms with Crippen LogP contribution in [0.2, 0.25) is 0 Å². The number of thioether (sulfide) groups is 2. The van der Waals surface area contributed by atoms with Gasteiger partial charge in [0, 0.05) is 17.1 Å². The first-order valence-corrected chi connectivity index (χ1v) is 9.78. The first-order valence-electron chi connectivity index (χ1n) is 7.81. The van der Waals surface area contributed by atoms with Crippen molar-refractivity contribution >= 4 is 29.6 Å². The lowest BCUT2D eigenvalue weighted by Gasteiger charge is -2.00. The van der Waals surface area contributed by atoms with Crippen LogP contribution in [-0.4, -0.2) is 25.9 Å². The zero-order valence-corrected chi connectivity index (χ0v) is 15.7. The second-order valence-corrected chi connectivity index (χ2v) is 7.22. The van der Waals surface area contributed by atoms with Crippen LogP contribution in [0, 0.1) is 13.8 Å². The summed E-state index contributed by atoms with van der Waals surface area (Å²) >= 11 is 3.02. The van der Waals surface area contributed by atoms with Crippen LogP contribution in [0.25, 0.3) is 6.08 Å². The Hall–Kier alpha value is -2.12. The second kappa shape index (κ2) is 8.82. The molecule has 0 saturated carbocycles. The molecule has 0 aliphatic carbocycles. The van der Waals surface area contributed by atoms with E-state index < -0.39 is 0 Å². The molecule has 25 heavy (non-hydrogen) atoms. The standard InChI is InChI=1S/C18H18N4OS2/c1-13-11-14(2)20-17(19-13)25-12-16-21-22-18(23-16)24-10-6-9-15-7-4-3-5-8-15/h3-9,11H,10,12H2,1-2H3. The predicted molar refractivity (Wildman–Crippen MR) is 102 cm³/mol. The van der Waals surface area contributed by atoms with Gasteiger partial charge >= 0.3 is 0 Å². The van der Waals surface area contributed by atoms with Gasteiger partial charge in [0.25, 0.3) is 5.22 Å². The van der Waals surface area contributed by atoms with Crippen LogP contribution in [0.4, 0.5) is 0 Å². The lowest BCUT2D eigenvalue weighted by atomic mass is 10.2. The van der Waals surface area contributed by atoms with Crippen LogP contribution >= 0.6 is 23.5 Å². The van der Waals surface area contributed by atoms with E-state index >= 15 is 0 Å². The summed E-state index contributed by atoms with van der Waals surface area (Å²) in [5.41, 5.74) is 3.10. The Morgan fingerprint density at radius 2 is 1.76 bits per heavy atom. The zero-order chi connectivity index (χ0) is 17.5. The average Bonchev–Trinajstić information content (AvgIpc) is 3.05. The monoisotopic (exact) mass is 370 g/mol. The van der Waals surface area contributed by atoms with E-state index in [1.54, 1.807) is 0 Å². The minimum Gasteiger partial charge on any atom is -0.415 e. The van der Waals surface area contributed by atoms with Crippen LogP contribution in [0.1, 0.15) is 22.8 Å². The molecule has 0 aliphatic heterocycles. The Kier molecular flexibility index (Phi) is 6.25. The first kappa shape index (κ1) is 17.7. The average molecular weight is 371 g/mol. The van der Waals surface area contributed by atoms with Gasteiger partial charge in [-0.2, -0.15) is 0 Å². The van der Waals surface area contributed by atoms with E-state index in [1.807, 2.05) is 38.1 Å². The number of rotatable bonds is 7. The summed E-state index contributed by atoms with van der Waals surface area (Å²) < 4.78 is 5.65. The van der Waals surface area contributed by atoms with Gasteiger partial charge in [0.1, 0.15) is 0 Å². The molecule has 7 heteroatoms. The van der Waals surface area contributed by atoms with Gasteiger partial charge in [0.2, 0.25) is 5.89 Å². The van der Waals surface area contributed by atoms with Crippen molar-refractivity contribution in [3.63, 3.8) is 0 Å². The largest absolute Gasteiger partial charge is 0.415 e. The molecule has 0 bridgehead atoms. The van der Waals surface area contributed by atoms with Crippen LogP contribution in [0.3, 0.4) is 0 Å². The third kappa shape index (κ3) is 5.72. The van der Waals surface area contributed by atoms with E-state index in [0.29, 0.717) is 16.9 Å². The summed E-state index contributed by atoms with van der Waals surface area (Å²) in [7, 11) is 0. The van der Waals surface area contributed by atoms with Crippen LogP contribution in [-0.2, 0) is 5.75 Å². The van der Waals surface area contributed by atoms with E-state index in [1.165, 1.54) is 29.1 Å². The molecular weight excluding hydrogens is 352 g/mol. The van der Waals surface area contributed by atoms with E-state index in [2.05, 4.69) is 44.5 Å². The Bertz CT molecular complexity index is 829. The van der Waals surface area contributed by atoms with Gasteiger partial charge in [-0.15, -0.1) is 10.2 Å². The highest BCUT2D eigenvalue weighted by atomic mass is 32.2. The minimum absolute atomic E-state index is 0.566. The highest BCUT2D eigenvalue weighted by molar-refractivity contribution is 7.99. The van der Waals surface area contributed by atoms with Gasteiger partial charge in [0.05, 0.1) is 5.75 Å². The van der Waals surface area contributed by atoms with E-state index in [4.69, 9.17) is 4.42 Å². The zero-order valence-electron chi connectivity index (χ0n) is 14.0. The number of benzene rings is 1. The fraction of sp³-hybridized carbons (Fsp3) is 0.222. The van der Waals surface area contributed by atoms with Crippen LogP contribution in [0.15, 0.2) is 57.3 Å². The maximum Gasteiger partial charge on any atom is 0.276 e. The molecule has 0 radical (unpaired) electrons. The lowest BCUT2D eigenvalue weighted by Crippen LogP contribution is -1.93. The van der Waals surface area contributed by atoms with Crippen molar-refractivity contribution in [2.24, 2.45) is 0 Å². The van der Waals surface area contributed by atoms with E-state index in [9.17, 15) is 0 Å². The van der Waals surface area contributed by atoms with Crippen molar-refractivity contribution < 1.29 is 4.42 Å². The third-order valence-electron chi connectivity index (χ3n) is 3.15. The molecule has 0 amide bonds. The first-order chi connectivity index (χ1) is 12.2. The van der Waals surface area contributed by atoms with Gasteiger partial charge in [-0.3, -0.25) is 0 Å². The van der Waals surface area contributed by atoms with Crippen molar-refractivity contribution in [1.29, 1.82) is 0 Å². The van der Waals surface area contributed by atoms with Crippen LogP contribution in [0.5, 0.6) is 0 Å². The SMILES string of the molecule is Cc1cc(C)nc(SCc2nnc(SCC=Cc3ccccc3)o2)n1. The summed E-state index contributed by atoms with van der Waals surface area (Å²) in [4.78, 5) is 8.79. The normalized spacial score (nSPS) is 11.3. The number of hydrogen-bond acceptors (Lipinski definition) is 7. The molecule has 128 valence electrons. The molecule has 2 heterocycles. The van der Waals surface area contributed by atoms with Crippen molar-refractivity contribution in [1.82, 2.24) is 20.2 Å². The molecule has 0 unspecified atom stereocenters. The fourth-order valence-electron chi connectivity index (χ4n) is 2.11. The number of nitrogens with zero attached hydrogens (tertiary/aromatic N) is 4. The van der Waals surface area contributed by atoms with Gasteiger partial charge in [0.15, 0.2) is 5.16 Å². The smallest absolute Gasteiger partial charge is 0.276 e. The highest BCUT2D eigenvalue weighted by Gasteiger charge is 2.08. The maximum absolute atomic E-state index is 5.65. The molecule has 5 nitrogen and oxygen atoms in total. The quantitative estimate of drug-likeness (QED) is 0.446. The summed E-state index contributed by atoms with van der Waals surface area (Å²) in [5, 5.41) is 9.45. The van der Waals surface area contributed by atoms with Gasteiger partial charge < -0.3 is 4.42 Å². The molecule has 3 aromatic rings. The topological polar surface area (TPSA) is 64.7 Å². The summed E-state index contributed by atoms with van der Waals surface area (Å²) in [6.45, 7) is 3.92. The van der Waals surface area contributed by atoms with E-state index in [0.717, 1.165) is 22.3 Å². The third-order valence-corrected chi connectivity index (χ3v) is 4.75. The molecular formula is C18H18N4OS2. The Morgan fingerprint density at radius 1 is 1.00 bits per heavy atom. The maximum atomic E-state index is 5.65. The molecule has 0 atom stereocenters. The molecule has 0 aliphatic rings. The molecule has 0 N–H and O–H groups in total. The molecule has 3 rings (SSSR count). The number of aryl methyl sites for hydroxylation is 2. The molecule has 1 aromatic carbocycles. The molecule has 2 aromatic heterocycles. The Balaban J connectivity index is 1.48. The van der Waals surface area contributed by atoms with E-state index in [-0.39, 0.29) is 0 Å². The number of aromatic nitrogens is 4. The van der Waals surface area contributed by atoms with Gasteiger partial charge in [-0.1, -0.05) is 66.0 Å². The van der Waals surface area contributed by atoms with Crippen molar-refractivity contribution in [2.75, 3.05) is 5.75 Å². The number of hydrogen-bond donors (Lipinski definition) is 0. The minimum atomic E-state index is 0.566. The fourth-order valence-corrected chi connectivity index (χ4v) is 3.48. The highest BCUT2D eigenvalue weighted by Crippen LogP contribution is 2.22. The van der Waals surface area contributed by atoms with Gasteiger partial charge in [-0.05, 0) is 25.5 Å². The van der Waals surface area contributed by atoms with Gasteiger partial charge in [-0.25, -0.2) is 9.97 Å². The summed E-state index contributed by atoms with van der Waals surface area (Å²) in [5.74, 6) is 1.93. The van der Waals surface area contributed by atoms with Crippen molar-refractivity contribution in [3.05, 3.63) is 65.3 Å². The molecule has 0 fully saturated rings.